The zero-order valence-corrected chi connectivity index (χ0v) is 13.4. The Balaban J connectivity index is 1.66. The Morgan fingerprint density at radius 2 is 1.92 bits per heavy atom. The molecule has 1 N–H and O–H groups in total. The molecule has 1 radical (unpaired) electrons. The average molecular weight is 355 g/mol. The summed E-state index contributed by atoms with van der Waals surface area (Å²) in [6.07, 6.45) is -1.76. The fourth-order valence-electron chi connectivity index (χ4n) is 2.57. The molecular weight excluding hydrogens is 342 g/mol. The molecule has 6 nitrogen and oxygen atoms in total. The van der Waals surface area contributed by atoms with E-state index in [1.807, 2.05) is 24.3 Å². The molecule has 2 heterocycles. The van der Waals surface area contributed by atoms with Gasteiger partial charge in [0.05, 0.1) is 5.56 Å². The van der Waals surface area contributed by atoms with Gasteiger partial charge < -0.3 is 14.8 Å². The van der Waals surface area contributed by atoms with Crippen molar-refractivity contribution < 1.29 is 18.3 Å². The lowest BCUT2D eigenvalue weighted by atomic mass is 10.1. The van der Waals surface area contributed by atoms with Crippen LogP contribution in [-0.2, 0) is 6.42 Å². The molecule has 0 aliphatic carbocycles. The summed E-state index contributed by atoms with van der Waals surface area (Å²) in [5.41, 5.74) is 2.13. The lowest BCUT2D eigenvalue weighted by Crippen LogP contribution is -2.26. The van der Waals surface area contributed by atoms with E-state index in [0.29, 0.717) is 6.42 Å². The van der Waals surface area contributed by atoms with Crippen molar-refractivity contribution in [2.24, 2.45) is 0 Å². The minimum atomic E-state index is -3.71. The number of aromatic nitrogens is 3. The summed E-state index contributed by atoms with van der Waals surface area (Å²) in [6, 6.07) is 12.2. The lowest BCUT2D eigenvalue weighted by molar-refractivity contribution is -0.286. The molecule has 131 valence electrons. The number of hydrogen-bond donors (Lipinski definition) is 1. The molecule has 26 heavy (non-hydrogen) atoms. The SMILES string of the molecule is [CH2]Cc1cccc(Nc2ncnc(-c3cccc4c3OC(F)(F)O4)n2)c1. The van der Waals surface area contributed by atoms with Crippen LogP contribution in [0, 0.1) is 6.92 Å². The molecule has 0 atom stereocenters. The van der Waals surface area contributed by atoms with Crippen LogP contribution in [-0.4, -0.2) is 21.2 Å². The van der Waals surface area contributed by atoms with Crippen LogP contribution in [0.25, 0.3) is 11.4 Å². The Labute approximate surface area is 147 Å². The lowest BCUT2D eigenvalue weighted by Gasteiger charge is -2.08. The summed E-state index contributed by atoms with van der Waals surface area (Å²) in [5, 5.41) is 3.06. The molecule has 3 aromatic rings. The maximum atomic E-state index is 13.4. The van der Waals surface area contributed by atoms with Gasteiger partial charge in [-0.3, -0.25) is 0 Å². The van der Waals surface area contributed by atoms with E-state index in [1.54, 1.807) is 12.1 Å². The van der Waals surface area contributed by atoms with E-state index < -0.39 is 6.29 Å². The van der Waals surface area contributed by atoms with Gasteiger partial charge in [0.1, 0.15) is 6.33 Å². The molecule has 1 aliphatic heterocycles. The fraction of sp³-hybridized carbons (Fsp3) is 0.111. The van der Waals surface area contributed by atoms with Crippen LogP contribution in [0.3, 0.4) is 0 Å². The van der Waals surface area contributed by atoms with Gasteiger partial charge in [-0.05, 0) is 43.2 Å². The van der Waals surface area contributed by atoms with Gasteiger partial charge >= 0.3 is 6.29 Å². The Morgan fingerprint density at radius 1 is 1.08 bits per heavy atom. The average Bonchev–Trinajstić information content (AvgIpc) is 2.96. The smallest absolute Gasteiger partial charge is 0.395 e. The number of alkyl halides is 2. The number of halogens is 2. The summed E-state index contributed by atoms with van der Waals surface area (Å²) in [7, 11) is 0. The minimum Gasteiger partial charge on any atom is -0.395 e. The first-order valence-electron chi connectivity index (χ1n) is 7.77. The maximum absolute atomic E-state index is 13.4. The van der Waals surface area contributed by atoms with Gasteiger partial charge in [0.2, 0.25) is 5.95 Å². The maximum Gasteiger partial charge on any atom is 0.586 e. The van der Waals surface area contributed by atoms with Crippen LogP contribution < -0.4 is 14.8 Å². The van der Waals surface area contributed by atoms with Crippen molar-refractivity contribution in [3.63, 3.8) is 0 Å². The molecule has 0 amide bonds. The third-order valence-corrected chi connectivity index (χ3v) is 3.71. The largest absolute Gasteiger partial charge is 0.586 e. The minimum absolute atomic E-state index is 0.0643. The summed E-state index contributed by atoms with van der Waals surface area (Å²) >= 11 is 0. The van der Waals surface area contributed by atoms with Crippen molar-refractivity contribution >= 4 is 11.6 Å². The second-order valence-corrected chi connectivity index (χ2v) is 5.51. The molecule has 1 aliphatic rings. The van der Waals surface area contributed by atoms with Crippen LogP contribution in [0.1, 0.15) is 5.56 Å². The number of anilines is 2. The van der Waals surface area contributed by atoms with Crippen molar-refractivity contribution in [1.82, 2.24) is 15.0 Å². The monoisotopic (exact) mass is 355 g/mol. The zero-order chi connectivity index (χ0) is 18.1. The van der Waals surface area contributed by atoms with Gasteiger partial charge in [-0.1, -0.05) is 18.2 Å². The Hall–Kier alpha value is -3.29. The molecule has 4 rings (SSSR count). The number of nitrogens with one attached hydrogen (secondary N) is 1. The first-order valence-corrected chi connectivity index (χ1v) is 7.77. The van der Waals surface area contributed by atoms with Crippen LogP contribution in [0.2, 0.25) is 0 Å². The first-order chi connectivity index (χ1) is 12.5. The van der Waals surface area contributed by atoms with Gasteiger partial charge in [0, 0.05) is 5.69 Å². The van der Waals surface area contributed by atoms with E-state index in [0.717, 1.165) is 11.3 Å². The van der Waals surface area contributed by atoms with E-state index in [9.17, 15) is 8.78 Å². The highest BCUT2D eigenvalue weighted by Gasteiger charge is 2.44. The summed E-state index contributed by atoms with van der Waals surface area (Å²) < 4.78 is 35.8. The highest BCUT2D eigenvalue weighted by atomic mass is 19.3. The Morgan fingerprint density at radius 3 is 2.77 bits per heavy atom. The fourth-order valence-corrected chi connectivity index (χ4v) is 2.57. The number of nitrogens with zero attached hydrogens (tertiary/aromatic N) is 3. The Kier molecular flexibility index (Phi) is 3.87. The van der Waals surface area contributed by atoms with Crippen molar-refractivity contribution in [3.05, 3.63) is 61.3 Å². The van der Waals surface area contributed by atoms with Crippen molar-refractivity contribution in [1.29, 1.82) is 0 Å². The normalized spacial score (nSPS) is 14.3. The third-order valence-electron chi connectivity index (χ3n) is 3.71. The quantitative estimate of drug-likeness (QED) is 0.763. The molecule has 0 saturated heterocycles. The molecule has 0 fully saturated rings. The highest BCUT2D eigenvalue weighted by Crippen LogP contribution is 2.46. The summed E-state index contributed by atoms with van der Waals surface area (Å²) in [4.78, 5) is 12.4. The van der Waals surface area contributed by atoms with Crippen LogP contribution in [0.4, 0.5) is 20.4 Å². The van der Waals surface area contributed by atoms with E-state index in [4.69, 9.17) is 0 Å². The predicted octanol–water partition coefficient (Wildman–Crippen LogP) is 3.98. The van der Waals surface area contributed by atoms with Gasteiger partial charge in [0.15, 0.2) is 17.3 Å². The number of benzene rings is 2. The first kappa shape index (κ1) is 16.2. The standard InChI is InChI=1S/C18H13F2N4O2/c1-2-11-5-3-6-12(9-11)23-17-22-10-21-16(24-17)13-7-4-8-14-15(13)26-18(19,20)25-14/h3-10H,1-2H2,(H,21,22,23,24). The second-order valence-electron chi connectivity index (χ2n) is 5.51. The zero-order valence-electron chi connectivity index (χ0n) is 13.4. The Bertz CT molecular complexity index is 965. The number of para-hydroxylation sites is 1. The molecule has 0 spiro atoms. The van der Waals surface area contributed by atoms with Crippen molar-refractivity contribution in [2.75, 3.05) is 5.32 Å². The third kappa shape index (κ3) is 3.13. The van der Waals surface area contributed by atoms with Gasteiger partial charge in [-0.25, -0.2) is 9.97 Å². The van der Waals surface area contributed by atoms with E-state index in [2.05, 4.69) is 36.7 Å². The molecular formula is C18H13F2N4O2. The molecule has 8 heteroatoms. The van der Waals surface area contributed by atoms with Gasteiger partial charge in [-0.15, -0.1) is 8.78 Å². The number of hydrogen-bond acceptors (Lipinski definition) is 6. The topological polar surface area (TPSA) is 69.2 Å². The molecule has 1 aromatic heterocycles. The van der Waals surface area contributed by atoms with Gasteiger partial charge in [-0.2, -0.15) is 4.98 Å². The summed E-state index contributed by atoms with van der Waals surface area (Å²) in [5.74, 6) is 0.299. The van der Waals surface area contributed by atoms with Crippen molar-refractivity contribution in [2.45, 2.75) is 12.7 Å². The summed E-state index contributed by atoms with van der Waals surface area (Å²) in [6.45, 7) is 3.85. The van der Waals surface area contributed by atoms with E-state index in [-0.39, 0.29) is 28.8 Å². The van der Waals surface area contributed by atoms with Crippen LogP contribution >= 0.6 is 0 Å². The highest BCUT2D eigenvalue weighted by molar-refractivity contribution is 5.70. The van der Waals surface area contributed by atoms with Crippen LogP contribution in [0.15, 0.2) is 48.8 Å². The number of rotatable bonds is 4. The second kappa shape index (κ2) is 6.21. The van der Waals surface area contributed by atoms with Gasteiger partial charge in [0.25, 0.3) is 0 Å². The van der Waals surface area contributed by atoms with Crippen molar-refractivity contribution in [3.8, 4) is 22.9 Å². The van der Waals surface area contributed by atoms with E-state index in [1.165, 1.54) is 12.4 Å². The van der Waals surface area contributed by atoms with Crippen LogP contribution in [0.5, 0.6) is 11.5 Å². The number of fused-ring (bicyclic) bond motifs is 1. The molecule has 2 aromatic carbocycles. The molecule has 0 unspecified atom stereocenters. The van der Waals surface area contributed by atoms with E-state index >= 15 is 0 Å². The molecule has 0 saturated carbocycles. The predicted molar refractivity (Wildman–Crippen MR) is 90.3 cm³/mol. The molecule has 0 bridgehead atoms. The number of ether oxygens (including phenoxy) is 2.